The highest BCUT2D eigenvalue weighted by molar-refractivity contribution is 6.35. The van der Waals surface area contributed by atoms with E-state index in [2.05, 4.69) is 16.0 Å². The topological polar surface area (TPSA) is 53.2 Å². The van der Waals surface area contributed by atoms with Gasteiger partial charge < -0.3 is 16.0 Å². The van der Waals surface area contributed by atoms with Gasteiger partial charge in [0, 0.05) is 35.7 Å². The van der Waals surface area contributed by atoms with Crippen molar-refractivity contribution in [3.05, 3.63) is 33.8 Å². The molecule has 1 aromatic rings. The SMILES string of the molecule is O=C(NCc1ccc(Cl)cc1Cl)NC[C@@H]1C[C@H](F)CN1. The van der Waals surface area contributed by atoms with Crippen molar-refractivity contribution < 1.29 is 9.18 Å². The lowest BCUT2D eigenvalue weighted by Crippen LogP contribution is -2.42. The molecule has 1 aromatic carbocycles. The molecule has 0 aromatic heterocycles. The van der Waals surface area contributed by atoms with Crippen LogP contribution >= 0.6 is 23.2 Å². The van der Waals surface area contributed by atoms with Crippen LogP contribution in [0.3, 0.4) is 0 Å². The molecule has 0 spiro atoms. The van der Waals surface area contributed by atoms with E-state index in [9.17, 15) is 9.18 Å². The Morgan fingerprint density at radius 3 is 2.85 bits per heavy atom. The molecule has 7 heteroatoms. The first kappa shape index (κ1) is 15.4. The standard InChI is InChI=1S/C13H16Cl2FN3O/c14-9-2-1-8(12(15)3-9)5-18-13(20)19-7-11-4-10(16)6-17-11/h1-3,10-11,17H,4-7H2,(H2,18,19,20)/t10-,11-/m0/s1. The molecule has 20 heavy (non-hydrogen) atoms. The van der Waals surface area contributed by atoms with E-state index in [1.807, 2.05) is 0 Å². The number of hydrogen-bond donors (Lipinski definition) is 3. The van der Waals surface area contributed by atoms with Crippen molar-refractivity contribution in [2.24, 2.45) is 0 Å². The fourth-order valence-electron chi connectivity index (χ4n) is 2.04. The Balaban J connectivity index is 1.72. The minimum Gasteiger partial charge on any atom is -0.337 e. The number of nitrogens with one attached hydrogen (secondary N) is 3. The van der Waals surface area contributed by atoms with Crippen LogP contribution in [0, 0.1) is 0 Å². The first-order valence-electron chi connectivity index (χ1n) is 6.37. The highest BCUT2D eigenvalue weighted by atomic mass is 35.5. The summed E-state index contributed by atoms with van der Waals surface area (Å²) in [5.41, 5.74) is 0.786. The van der Waals surface area contributed by atoms with Gasteiger partial charge in [0.1, 0.15) is 6.17 Å². The largest absolute Gasteiger partial charge is 0.337 e. The van der Waals surface area contributed by atoms with Gasteiger partial charge in [-0.1, -0.05) is 29.3 Å². The van der Waals surface area contributed by atoms with Gasteiger partial charge in [-0.2, -0.15) is 0 Å². The maximum absolute atomic E-state index is 12.9. The molecule has 1 aliphatic heterocycles. The zero-order valence-corrected chi connectivity index (χ0v) is 12.3. The van der Waals surface area contributed by atoms with Gasteiger partial charge in [0.05, 0.1) is 0 Å². The van der Waals surface area contributed by atoms with E-state index in [-0.39, 0.29) is 12.1 Å². The summed E-state index contributed by atoms with van der Waals surface area (Å²) in [6.07, 6.45) is -0.388. The maximum atomic E-state index is 12.9. The molecule has 0 unspecified atom stereocenters. The van der Waals surface area contributed by atoms with Gasteiger partial charge in [-0.15, -0.1) is 0 Å². The Bertz CT molecular complexity index is 487. The predicted octanol–water partition coefficient (Wildman–Crippen LogP) is 2.49. The Hall–Kier alpha value is -1.04. The third-order valence-corrected chi connectivity index (χ3v) is 3.72. The molecule has 3 N–H and O–H groups in total. The number of benzene rings is 1. The molecule has 1 heterocycles. The van der Waals surface area contributed by atoms with Gasteiger partial charge in [-0.3, -0.25) is 0 Å². The fraction of sp³-hybridized carbons (Fsp3) is 0.462. The molecule has 2 amide bonds. The minimum absolute atomic E-state index is 0.00475. The zero-order valence-electron chi connectivity index (χ0n) is 10.8. The number of halogens is 3. The second-order valence-electron chi connectivity index (χ2n) is 4.74. The summed E-state index contributed by atoms with van der Waals surface area (Å²) < 4.78 is 12.9. The number of urea groups is 1. The lowest BCUT2D eigenvalue weighted by atomic mass is 10.2. The van der Waals surface area contributed by atoms with Crippen LogP contribution in [-0.2, 0) is 6.54 Å². The molecular formula is C13H16Cl2FN3O. The third kappa shape index (κ3) is 4.51. The van der Waals surface area contributed by atoms with Crippen molar-refractivity contribution in [3.8, 4) is 0 Å². The second-order valence-corrected chi connectivity index (χ2v) is 5.58. The number of amides is 2. The molecule has 2 atom stereocenters. The van der Waals surface area contributed by atoms with Crippen molar-refractivity contribution in [2.75, 3.05) is 13.1 Å². The molecule has 1 saturated heterocycles. The van der Waals surface area contributed by atoms with Crippen LogP contribution in [0.2, 0.25) is 10.0 Å². The Morgan fingerprint density at radius 1 is 1.40 bits per heavy atom. The van der Waals surface area contributed by atoms with Crippen molar-refractivity contribution in [1.29, 1.82) is 0 Å². The number of rotatable bonds is 4. The lowest BCUT2D eigenvalue weighted by Gasteiger charge is -2.12. The molecule has 1 aliphatic rings. The maximum Gasteiger partial charge on any atom is 0.315 e. The number of carbonyl (C=O) groups excluding carboxylic acids is 1. The average Bonchev–Trinajstić information content (AvgIpc) is 2.81. The van der Waals surface area contributed by atoms with Gasteiger partial charge in [0.15, 0.2) is 0 Å². The van der Waals surface area contributed by atoms with E-state index in [4.69, 9.17) is 23.2 Å². The normalized spacial score (nSPS) is 21.8. The molecule has 2 rings (SSSR count). The molecule has 0 radical (unpaired) electrons. The van der Waals surface area contributed by atoms with Gasteiger partial charge in [0.25, 0.3) is 0 Å². The van der Waals surface area contributed by atoms with E-state index in [1.165, 1.54) is 0 Å². The first-order chi connectivity index (χ1) is 9.54. The quantitative estimate of drug-likeness (QED) is 0.798. The fourth-order valence-corrected chi connectivity index (χ4v) is 2.52. The van der Waals surface area contributed by atoms with Gasteiger partial charge in [-0.05, 0) is 24.1 Å². The molecule has 110 valence electrons. The summed E-state index contributed by atoms with van der Waals surface area (Å²) in [5.74, 6) is 0. The monoisotopic (exact) mass is 319 g/mol. The van der Waals surface area contributed by atoms with Crippen LogP contribution in [0.15, 0.2) is 18.2 Å². The Kier molecular flexibility index (Phi) is 5.46. The van der Waals surface area contributed by atoms with Crippen molar-refractivity contribution in [3.63, 3.8) is 0 Å². The summed E-state index contributed by atoms with van der Waals surface area (Å²) in [5, 5.41) is 9.45. The predicted molar refractivity (Wildman–Crippen MR) is 78.0 cm³/mol. The van der Waals surface area contributed by atoms with Crippen molar-refractivity contribution in [1.82, 2.24) is 16.0 Å². The van der Waals surface area contributed by atoms with Crippen molar-refractivity contribution >= 4 is 29.2 Å². The number of carbonyl (C=O) groups is 1. The van der Waals surface area contributed by atoms with Gasteiger partial charge in [-0.25, -0.2) is 9.18 Å². The number of hydrogen-bond acceptors (Lipinski definition) is 2. The second kappa shape index (κ2) is 7.11. The van der Waals surface area contributed by atoms with E-state index in [1.54, 1.807) is 18.2 Å². The van der Waals surface area contributed by atoms with E-state index in [0.717, 1.165) is 5.56 Å². The average molecular weight is 320 g/mol. The Morgan fingerprint density at radius 2 is 2.20 bits per heavy atom. The summed E-state index contributed by atoms with van der Waals surface area (Å²) >= 11 is 11.8. The molecule has 0 aliphatic carbocycles. The van der Waals surface area contributed by atoms with Gasteiger partial charge in [0.2, 0.25) is 0 Å². The molecule has 4 nitrogen and oxygen atoms in total. The summed E-state index contributed by atoms with van der Waals surface area (Å²) in [4.78, 5) is 11.6. The molecular weight excluding hydrogens is 304 g/mol. The van der Waals surface area contributed by atoms with Crippen LogP contribution in [0.5, 0.6) is 0 Å². The van der Waals surface area contributed by atoms with Crippen LogP contribution < -0.4 is 16.0 Å². The molecule has 0 saturated carbocycles. The minimum atomic E-state index is -0.822. The summed E-state index contributed by atoms with van der Waals surface area (Å²) in [6, 6.07) is 4.79. The van der Waals surface area contributed by atoms with Crippen molar-refractivity contribution in [2.45, 2.75) is 25.2 Å². The van der Waals surface area contributed by atoms with Crippen LogP contribution in [0.25, 0.3) is 0 Å². The smallest absolute Gasteiger partial charge is 0.315 e. The zero-order chi connectivity index (χ0) is 14.5. The van der Waals surface area contributed by atoms with E-state index < -0.39 is 6.17 Å². The molecule has 1 fully saturated rings. The molecule has 0 bridgehead atoms. The third-order valence-electron chi connectivity index (χ3n) is 3.13. The van der Waals surface area contributed by atoms with E-state index in [0.29, 0.717) is 36.1 Å². The highest BCUT2D eigenvalue weighted by Crippen LogP contribution is 2.20. The van der Waals surface area contributed by atoms with Gasteiger partial charge >= 0.3 is 6.03 Å². The van der Waals surface area contributed by atoms with Crippen LogP contribution in [-0.4, -0.2) is 31.3 Å². The summed E-state index contributed by atoms with van der Waals surface area (Å²) in [7, 11) is 0. The van der Waals surface area contributed by atoms with Crippen LogP contribution in [0.1, 0.15) is 12.0 Å². The highest BCUT2D eigenvalue weighted by Gasteiger charge is 2.23. The summed E-state index contributed by atoms with van der Waals surface area (Å²) in [6.45, 7) is 1.07. The van der Waals surface area contributed by atoms with E-state index >= 15 is 0 Å². The lowest BCUT2D eigenvalue weighted by molar-refractivity contribution is 0.239. The van der Waals surface area contributed by atoms with Crippen LogP contribution in [0.4, 0.5) is 9.18 Å². The first-order valence-corrected chi connectivity index (χ1v) is 7.13. The number of alkyl halides is 1. The Labute approximate surface area is 127 Å².